The van der Waals surface area contributed by atoms with E-state index < -0.39 is 0 Å². The third-order valence-electron chi connectivity index (χ3n) is 4.58. The molecule has 0 unspecified atom stereocenters. The van der Waals surface area contributed by atoms with E-state index in [1.165, 1.54) is 0 Å². The van der Waals surface area contributed by atoms with E-state index in [4.69, 9.17) is 16.7 Å². The van der Waals surface area contributed by atoms with Crippen LogP contribution >= 0.6 is 12.2 Å². The summed E-state index contributed by atoms with van der Waals surface area (Å²) in [6.07, 6.45) is 3.80. The summed E-state index contributed by atoms with van der Waals surface area (Å²) in [6.45, 7) is 4.49. The van der Waals surface area contributed by atoms with E-state index in [2.05, 4.69) is 20.1 Å². The molecule has 7 nitrogen and oxygen atoms in total. The molecule has 0 amide bonds. The fourth-order valence-corrected chi connectivity index (χ4v) is 3.45. The molecule has 25 heavy (non-hydrogen) atoms. The first-order valence-corrected chi connectivity index (χ1v) is 8.84. The normalized spacial score (nSPS) is 16.4. The van der Waals surface area contributed by atoms with Gasteiger partial charge < -0.3 is 4.52 Å². The van der Waals surface area contributed by atoms with Crippen molar-refractivity contribution in [3.63, 3.8) is 0 Å². The molecule has 1 aliphatic rings. The molecule has 1 aliphatic heterocycles. The zero-order valence-electron chi connectivity index (χ0n) is 14.1. The molecule has 2 aromatic heterocycles. The molecule has 3 heterocycles. The van der Waals surface area contributed by atoms with E-state index in [9.17, 15) is 0 Å². The predicted octanol–water partition coefficient (Wildman–Crippen LogP) is 2.93. The lowest BCUT2D eigenvalue weighted by Gasteiger charge is -2.29. The summed E-state index contributed by atoms with van der Waals surface area (Å²) in [6, 6.07) is 10.0. The Labute approximate surface area is 150 Å². The maximum atomic E-state index is 5.58. The average molecular weight is 356 g/mol. The molecule has 0 N–H and O–H groups in total. The summed E-state index contributed by atoms with van der Waals surface area (Å²) in [4.78, 5) is 6.72. The monoisotopic (exact) mass is 356 g/mol. The van der Waals surface area contributed by atoms with Gasteiger partial charge in [-0.15, -0.1) is 0 Å². The van der Waals surface area contributed by atoms with Crippen LogP contribution in [0.4, 0.5) is 0 Å². The van der Waals surface area contributed by atoms with Crippen molar-refractivity contribution in [2.24, 2.45) is 0 Å². The molecular weight excluding hydrogens is 336 g/mol. The van der Waals surface area contributed by atoms with Crippen molar-refractivity contribution in [3.05, 3.63) is 53.1 Å². The Kier molecular flexibility index (Phi) is 4.46. The third-order valence-corrected chi connectivity index (χ3v) is 4.99. The molecule has 3 aromatic rings. The van der Waals surface area contributed by atoms with Gasteiger partial charge in [0.05, 0.1) is 6.67 Å². The number of rotatable bonds is 4. The Hall–Kier alpha value is -2.32. The van der Waals surface area contributed by atoms with Crippen LogP contribution in [0, 0.1) is 11.7 Å². The number of nitrogens with zero attached hydrogens (tertiary/aromatic N) is 6. The van der Waals surface area contributed by atoms with Crippen LogP contribution in [0.5, 0.6) is 0 Å². The van der Waals surface area contributed by atoms with Crippen LogP contribution in [0.3, 0.4) is 0 Å². The Morgan fingerprint density at radius 2 is 1.96 bits per heavy atom. The number of benzene rings is 1. The minimum Gasteiger partial charge on any atom is -0.339 e. The molecule has 0 atom stereocenters. The highest BCUT2D eigenvalue weighted by Crippen LogP contribution is 2.26. The highest BCUT2D eigenvalue weighted by molar-refractivity contribution is 7.71. The van der Waals surface area contributed by atoms with E-state index in [-0.39, 0.29) is 0 Å². The number of likely N-dealkylation sites (tertiary alicyclic amines) is 1. The quantitative estimate of drug-likeness (QED) is 0.670. The SMILES string of the molecule is Cc1noc(C2CCN(Cn3ncn(-c4ccccc4)c3=S)CC2)n1. The molecule has 0 aliphatic carbocycles. The van der Waals surface area contributed by atoms with E-state index in [0.29, 0.717) is 23.2 Å². The molecular formula is C17H20N6OS. The molecule has 8 heteroatoms. The summed E-state index contributed by atoms with van der Waals surface area (Å²) >= 11 is 5.58. The van der Waals surface area contributed by atoms with Crippen molar-refractivity contribution in [1.29, 1.82) is 0 Å². The number of hydrogen-bond donors (Lipinski definition) is 0. The van der Waals surface area contributed by atoms with Crippen molar-refractivity contribution < 1.29 is 4.52 Å². The molecule has 1 saturated heterocycles. The fourth-order valence-electron chi connectivity index (χ4n) is 3.19. The molecule has 4 rings (SSSR count). The maximum absolute atomic E-state index is 5.58. The molecule has 1 aromatic carbocycles. The maximum Gasteiger partial charge on any atom is 0.229 e. The van der Waals surface area contributed by atoms with Crippen LogP contribution in [0.1, 0.15) is 30.5 Å². The Balaban J connectivity index is 1.41. The van der Waals surface area contributed by atoms with Gasteiger partial charge in [-0.3, -0.25) is 9.47 Å². The first-order valence-electron chi connectivity index (χ1n) is 8.43. The average Bonchev–Trinajstić information content (AvgIpc) is 3.23. The number of hydrogen-bond acceptors (Lipinski definition) is 6. The van der Waals surface area contributed by atoms with Gasteiger partial charge in [-0.05, 0) is 44.1 Å². The van der Waals surface area contributed by atoms with Gasteiger partial charge in [-0.2, -0.15) is 10.1 Å². The van der Waals surface area contributed by atoms with Crippen LogP contribution in [0.2, 0.25) is 0 Å². The van der Waals surface area contributed by atoms with Gasteiger partial charge in [-0.25, -0.2) is 4.68 Å². The van der Waals surface area contributed by atoms with Crippen LogP contribution in [-0.4, -0.2) is 42.5 Å². The van der Waals surface area contributed by atoms with Gasteiger partial charge in [0.2, 0.25) is 10.7 Å². The summed E-state index contributed by atoms with van der Waals surface area (Å²) in [5.41, 5.74) is 1.03. The second-order valence-electron chi connectivity index (χ2n) is 6.33. The third kappa shape index (κ3) is 3.40. The minimum absolute atomic E-state index is 0.354. The first-order chi connectivity index (χ1) is 12.2. The van der Waals surface area contributed by atoms with Gasteiger partial charge in [-0.1, -0.05) is 23.4 Å². The topological polar surface area (TPSA) is 64.9 Å². The largest absolute Gasteiger partial charge is 0.339 e. The van der Waals surface area contributed by atoms with Gasteiger partial charge in [0.25, 0.3) is 0 Å². The molecule has 0 spiro atoms. The van der Waals surface area contributed by atoms with Crippen LogP contribution in [0.15, 0.2) is 41.2 Å². The lowest BCUT2D eigenvalue weighted by atomic mass is 9.97. The van der Waals surface area contributed by atoms with Crippen LogP contribution in [-0.2, 0) is 6.67 Å². The molecule has 0 radical (unpaired) electrons. The van der Waals surface area contributed by atoms with Gasteiger partial charge in [0.15, 0.2) is 5.82 Å². The highest BCUT2D eigenvalue weighted by Gasteiger charge is 2.25. The first kappa shape index (κ1) is 16.2. The zero-order valence-corrected chi connectivity index (χ0v) is 14.9. The fraction of sp³-hybridized carbons (Fsp3) is 0.412. The Morgan fingerprint density at radius 3 is 2.64 bits per heavy atom. The summed E-state index contributed by atoms with van der Waals surface area (Å²) in [5.74, 6) is 1.82. The van der Waals surface area contributed by atoms with Gasteiger partial charge in [0, 0.05) is 24.7 Å². The van der Waals surface area contributed by atoms with E-state index >= 15 is 0 Å². The lowest BCUT2D eigenvalue weighted by Crippen LogP contribution is -2.35. The van der Waals surface area contributed by atoms with Gasteiger partial charge in [0.1, 0.15) is 6.33 Å². The zero-order chi connectivity index (χ0) is 17.2. The lowest BCUT2D eigenvalue weighted by molar-refractivity contribution is 0.150. The number of aromatic nitrogens is 5. The Morgan fingerprint density at radius 1 is 1.20 bits per heavy atom. The molecule has 1 fully saturated rings. The van der Waals surface area contributed by atoms with E-state index in [1.807, 2.05) is 46.5 Å². The van der Waals surface area contributed by atoms with Crippen LogP contribution in [0.25, 0.3) is 5.69 Å². The highest BCUT2D eigenvalue weighted by atomic mass is 32.1. The predicted molar refractivity (Wildman–Crippen MR) is 95.0 cm³/mol. The smallest absolute Gasteiger partial charge is 0.229 e. The standard InChI is InChI=1S/C17H20N6OS/c1-13-19-16(24-20-13)14-7-9-21(10-8-14)12-23-17(25)22(11-18-23)15-5-3-2-4-6-15/h2-6,11,14H,7-10,12H2,1H3. The van der Waals surface area contributed by atoms with Crippen molar-refractivity contribution in [2.75, 3.05) is 13.1 Å². The minimum atomic E-state index is 0.354. The van der Waals surface area contributed by atoms with E-state index in [1.54, 1.807) is 6.33 Å². The van der Waals surface area contributed by atoms with Crippen molar-refractivity contribution in [1.82, 2.24) is 29.4 Å². The summed E-state index contributed by atoms with van der Waals surface area (Å²) < 4.78 is 9.83. The number of aryl methyl sites for hydroxylation is 1. The van der Waals surface area contributed by atoms with E-state index in [0.717, 1.165) is 37.5 Å². The van der Waals surface area contributed by atoms with Crippen molar-refractivity contribution >= 4 is 12.2 Å². The number of para-hydroxylation sites is 1. The summed E-state index contributed by atoms with van der Waals surface area (Å²) in [7, 11) is 0. The van der Waals surface area contributed by atoms with Gasteiger partial charge >= 0.3 is 0 Å². The second kappa shape index (κ2) is 6.89. The molecule has 0 saturated carbocycles. The number of piperidine rings is 1. The summed E-state index contributed by atoms with van der Waals surface area (Å²) in [5, 5.41) is 8.35. The van der Waals surface area contributed by atoms with Crippen molar-refractivity contribution in [3.8, 4) is 5.69 Å². The van der Waals surface area contributed by atoms with Crippen molar-refractivity contribution in [2.45, 2.75) is 32.4 Å². The molecule has 0 bridgehead atoms. The van der Waals surface area contributed by atoms with Crippen LogP contribution < -0.4 is 0 Å². The Bertz CT molecular complexity index is 891. The second-order valence-corrected chi connectivity index (χ2v) is 6.70. The molecule has 130 valence electrons.